The molecule has 0 spiro atoms. The summed E-state index contributed by atoms with van der Waals surface area (Å²) in [4.78, 5) is 24.7. The van der Waals surface area contributed by atoms with Crippen LogP contribution in [-0.4, -0.2) is 24.2 Å². The number of halogens is 2. The van der Waals surface area contributed by atoms with Crippen LogP contribution in [0.4, 0.5) is 14.5 Å². The highest BCUT2D eigenvalue weighted by atomic mass is 32.2. The molecule has 120 valence electrons. The third-order valence-corrected chi connectivity index (χ3v) is 4.90. The zero-order valence-corrected chi connectivity index (χ0v) is 14.3. The first-order valence-corrected chi connectivity index (χ1v) is 8.89. The minimum Gasteiger partial charge on any atom is -0.319 e. The van der Waals surface area contributed by atoms with Crippen LogP contribution in [0.25, 0.3) is 0 Å². The zero-order chi connectivity index (χ0) is 16.9. The summed E-state index contributed by atoms with van der Waals surface area (Å²) >= 11 is 2.55. The van der Waals surface area contributed by atoms with Crippen LogP contribution in [0.5, 0.6) is 0 Å². The molecule has 0 radical (unpaired) electrons. The molecule has 0 aromatic heterocycles. The van der Waals surface area contributed by atoms with Crippen molar-refractivity contribution < 1.29 is 18.4 Å². The van der Waals surface area contributed by atoms with Crippen molar-refractivity contribution in [2.45, 2.75) is 13.8 Å². The highest BCUT2D eigenvalue weighted by molar-refractivity contribution is 8.21. The van der Waals surface area contributed by atoms with Crippen molar-refractivity contribution >= 4 is 40.9 Å². The van der Waals surface area contributed by atoms with Crippen LogP contribution in [0.2, 0.25) is 0 Å². The number of hydrogen-bond donors (Lipinski definition) is 1. The fraction of sp³-hybridized carbons (Fsp3) is 0.333. The van der Waals surface area contributed by atoms with Crippen LogP contribution in [0.1, 0.15) is 13.8 Å². The van der Waals surface area contributed by atoms with E-state index in [9.17, 15) is 18.4 Å². The smallest absolute Gasteiger partial charge is 0.261 e. The average molecular weight is 345 g/mol. The minimum absolute atomic E-state index is 0.00118. The number of benzene rings is 1. The molecule has 7 heteroatoms. The summed E-state index contributed by atoms with van der Waals surface area (Å²) in [6.07, 6.45) is 3.51. The maximum Gasteiger partial charge on any atom is 0.261 e. The first-order valence-electron chi connectivity index (χ1n) is 6.44. The predicted molar refractivity (Wildman–Crippen MR) is 88.9 cm³/mol. The Kier molecular flexibility index (Phi) is 7.09. The lowest BCUT2D eigenvalue weighted by Crippen LogP contribution is -2.25. The summed E-state index contributed by atoms with van der Waals surface area (Å²) in [5.74, 6) is -3.01. The number of hydrogen-bond acceptors (Lipinski definition) is 4. The van der Waals surface area contributed by atoms with Crippen LogP contribution in [0.3, 0.4) is 0 Å². The lowest BCUT2D eigenvalue weighted by atomic mass is 10.0. The number of thioether (sulfide) groups is 2. The second kappa shape index (κ2) is 8.33. The van der Waals surface area contributed by atoms with Gasteiger partial charge in [-0.3, -0.25) is 9.59 Å². The summed E-state index contributed by atoms with van der Waals surface area (Å²) in [5.41, 5.74) is -0.166. The van der Waals surface area contributed by atoms with E-state index < -0.39 is 17.5 Å². The van der Waals surface area contributed by atoms with Gasteiger partial charge < -0.3 is 5.32 Å². The van der Waals surface area contributed by atoms with Gasteiger partial charge in [-0.2, -0.15) is 0 Å². The summed E-state index contributed by atoms with van der Waals surface area (Å²) in [5, 5.41) is 2.34. The fourth-order valence-electron chi connectivity index (χ4n) is 1.66. The van der Waals surface area contributed by atoms with E-state index in [1.54, 1.807) is 26.4 Å². The SMILES string of the molecule is CSC(SC)=C(C(=O)Nc1ccc(F)cc1F)C(=O)C(C)C. The average Bonchev–Trinajstić information content (AvgIpc) is 2.46. The van der Waals surface area contributed by atoms with Gasteiger partial charge in [0.15, 0.2) is 5.78 Å². The molecule has 1 aromatic carbocycles. The van der Waals surface area contributed by atoms with Crippen LogP contribution >= 0.6 is 23.5 Å². The van der Waals surface area contributed by atoms with E-state index in [2.05, 4.69) is 5.32 Å². The van der Waals surface area contributed by atoms with Crippen LogP contribution < -0.4 is 5.32 Å². The van der Waals surface area contributed by atoms with Gasteiger partial charge in [0.05, 0.1) is 9.92 Å². The van der Waals surface area contributed by atoms with E-state index in [-0.39, 0.29) is 23.0 Å². The zero-order valence-electron chi connectivity index (χ0n) is 12.7. The standard InChI is InChI=1S/C15H17F2NO2S2/c1-8(2)13(19)12(15(21-3)22-4)14(20)18-11-6-5-9(16)7-10(11)17/h5-8H,1-4H3,(H,18,20). The lowest BCUT2D eigenvalue weighted by Gasteiger charge is -2.14. The Morgan fingerprint density at radius 2 is 1.73 bits per heavy atom. The number of carbonyl (C=O) groups is 2. The highest BCUT2D eigenvalue weighted by Gasteiger charge is 2.25. The molecule has 0 atom stereocenters. The van der Waals surface area contributed by atoms with Gasteiger partial charge in [-0.25, -0.2) is 8.78 Å². The lowest BCUT2D eigenvalue weighted by molar-refractivity contribution is -0.122. The highest BCUT2D eigenvalue weighted by Crippen LogP contribution is 2.30. The molecule has 0 aliphatic heterocycles. The minimum atomic E-state index is -0.889. The van der Waals surface area contributed by atoms with Gasteiger partial charge in [-0.1, -0.05) is 13.8 Å². The molecule has 1 N–H and O–H groups in total. The Morgan fingerprint density at radius 1 is 1.14 bits per heavy atom. The Hall–Kier alpha value is -1.34. The number of ketones is 1. The Bertz CT molecular complexity index is 610. The summed E-state index contributed by atoms with van der Waals surface area (Å²) in [6, 6.07) is 2.83. The molecular weight excluding hydrogens is 328 g/mol. The molecular formula is C15H17F2NO2S2. The Balaban J connectivity index is 3.18. The third-order valence-electron chi connectivity index (χ3n) is 2.75. The number of anilines is 1. The molecule has 1 amide bonds. The number of rotatable bonds is 6. The Morgan fingerprint density at radius 3 is 2.18 bits per heavy atom. The first kappa shape index (κ1) is 18.7. The Labute approximate surface area is 136 Å². The first-order chi connectivity index (χ1) is 10.3. The van der Waals surface area contributed by atoms with E-state index in [1.807, 2.05) is 0 Å². The second-order valence-corrected chi connectivity index (χ2v) is 6.56. The van der Waals surface area contributed by atoms with E-state index in [0.717, 1.165) is 12.1 Å². The second-order valence-electron chi connectivity index (χ2n) is 4.67. The van der Waals surface area contributed by atoms with Crippen LogP contribution in [-0.2, 0) is 9.59 Å². The maximum absolute atomic E-state index is 13.6. The van der Waals surface area contributed by atoms with Gasteiger partial charge in [0.2, 0.25) is 0 Å². The summed E-state index contributed by atoms with van der Waals surface area (Å²) in [7, 11) is 0. The normalized spacial score (nSPS) is 10.5. The predicted octanol–water partition coefficient (Wildman–Crippen LogP) is 4.07. The van der Waals surface area contributed by atoms with Gasteiger partial charge in [0, 0.05) is 12.0 Å². The van der Waals surface area contributed by atoms with Crippen molar-refractivity contribution in [1.82, 2.24) is 0 Å². The topological polar surface area (TPSA) is 46.2 Å². The molecule has 0 fully saturated rings. The molecule has 0 saturated carbocycles. The van der Waals surface area contributed by atoms with Gasteiger partial charge >= 0.3 is 0 Å². The number of Topliss-reactive ketones (excluding diaryl/α,β-unsaturated/α-hetero) is 1. The number of carbonyl (C=O) groups excluding carboxylic acids is 2. The van der Waals surface area contributed by atoms with Crippen molar-refractivity contribution in [2.24, 2.45) is 5.92 Å². The fourth-order valence-corrected chi connectivity index (χ4v) is 3.12. The molecule has 0 aliphatic carbocycles. The van der Waals surface area contributed by atoms with E-state index >= 15 is 0 Å². The maximum atomic E-state index is 13.6. The molecule has 0 aliphatic rings. The summed E-state index contributed by atoms with van der Waals surface area (Å²) < 4.78 is 27.1. The quantitative estimate of drug-likeness (QED) is 0.480. The van der Waals surface area contributed by atoms with Crippen LogP contribution in [0, 0.1) is 17.6 Å². The monoisotopic (exact) mass is 345 g/mol. The van der Waals surface area contributed by atoms with Crippen molar-refractivity contribution in [1.29, 1.82) is 0 Å². The largest absolute Gasteiger partial charge is 0.319 e. The molecule has 3 nitrogen and oxygen atoms in total. The van der Waals surface area contributed by atoms with E-state index in [1.165, 1.54) is 23.5 Å². The van der Waals surface area contributed by atoms with E-state index in [4.69, 9.17) is 0 Å². The third kappa shape index (κ3) is 4.58. The van der Waals surface area contributed by atoms with Gasteiger partial charge in [0.1, 0.15) is 17.2 Å². The van der Waals surface area contributed by atoms with Crippen molar-refractivity contribution in [3.8, 4) is 0 Å². The molecule has 1 rings (SSSR count). The molecule has 0 heterocycles. The van der Waals surface area contributed by atoms with Crippen molar-refractivity contribution in [3.63, 3.8) is 0 Å². The van der Waals surface area contributed by atoms with Crippen LogP contribution in [0.15, 0.2) is 28.0 Å². The van der Waals surface area contributed by atoms with Gasteiger partial charge in [-0.05, 0) is 24.6 Å². The number of amides is 1. The van der Waals surface area contributed by atoms with E-state index in [0.29, 0.717) is 10.3 Å². The van der Waals surface area contributed by atoms with Gasteiger partial charge in [-0.15, -0.1) is 23.5 Å². The molecule has 0 bridgehead atoms. The van der Waals surface area contributed by atoms with Crippen molar-refractivity contribution in [3.05, 3.63) is 39.6 Å². The molecule has 1 aromatic rings. The number of nitrogens with one attached hydrogen (secondary N) is 1. The van der Waals surface area contributed by atoms with Crippen molar-refractivity contribution in [2.75, 3.05) is 17.8 Å². The van der Waals surface area contributed by atoms with Gasteiger partial charge in [0.25, 0.3) is 5.91 Å². The molecule has 0 saturated heterocycles. The molecule has 0 unspecified atom stereocenters. The summed E-state index contributed by atoms with van der Waals surface area (Å²) in [6.45, 7) is 3.37. The molecule has 22 heavy (non-hydrogen) atoms.